The van der Waals surface area contributed by atoms with Crippen LogP contribution in [0.2, 0.25) is 0 Å². The molecule has 0 bridgehead atoms. The van der Waals surface area contributed by atoms with Crippen molar-refractivity contribution in [3.05, 3.63) is 24.3 Å². The number of likely N-dealkylation sites (tertiary alicyclic amines) is 1. The molecule has 2 N–H and O–H groups in total. The van der Waals surface area contributed by atoms with E-state index in [0.717, 1.165) is 24.2 Å². The monoisotopic (exact) mass is 428 g/mol. The summed E-state index contributed by atoms with van der Waals surface area (Å²) < 4.78 is 5.12. The highest BCUT2D eigenvalue weighted by Crippen LogP contribution is 2.35. The van der Waals surface area contributed by atoms with Crippen molar-refractivity contribution in [3.63, 3.8) is 0 Å². The van der Waals surface area contributed by atoms with Crippen LogP contribution in [0, 0.1) is 0 Å². The number of urea groups is 1. The van der Waals surface area contributed by atoms with Crippen LogP contribution in [0.5, 0.6) is 5.75 Å². The van der Waals surface area contributed by atoms with Gasteiger partial charge in [-0.2, -0.15) is 0 Å². The molecule has 2 aliphatic heterocycles. The number of hydrogen-bond acceptors (Lipinski definition) is 5. The fourth-order valence-corrected chi connectivity index (χ4v) is 4.79. The first-order chi connectivity index (χ1) is 14.9. The number of amides is 5. The fourth-order valence-electron chi connectivity index (χ4n) is 4.79. The van der Waals surface area contributed by atoms with Gasteiger partial charge in [-0.1, -0.05) is 12.8 Å². The van der Waals surface area contributed by atoms with E-state index < -0.39 is 17.6 Å². The smallest absolute Gasteiger partial charge is 0.325 e. The van der Waals surface area contributed by atoms with Crippen LogP contribution < -0.4 is 15.4 Å². The number of methoxy groups -OCH3 is 1. The van der Waals surface area contributed by atoms with Gasteiger partial charge >= 0.3 is 6.03 Å². The van der Waals surface area contributed by atoms with Crippen LogP contribution in [0.3, 0.4) is 0 Å². The Morgan fingerprint density at radius 3 is 2.55 bits per heavy atom. The zero-order valence-corrected chi connectivity index (χ0v) is 17.7. The highest BCUT2D eigenvalue weighted by Gasteiger charge is 2.52. The Morgan fingerprint density at radius 1 is 1.16 bits per heavy atom. The second kappa shape index (κ2) is 8.56. The summed E-state index contributed by atoms with van der Waals surface area (Å²) in [5, 5.41) is 5.67. The number of nitrogens with zero attached hydrogens (tertiary/aromatic N) is 2. The molecule has 0 radical (unpaired) electrons. The lowest BCUT2D eigenvalue weighted by atomic mass is 9.98. The van der Waals surface area contributed by atoms with E-state index in [2.05, 4.69) is 10.6 Å². The molecule has 1 aliphatic carbocycles. The van der Waals surface area contributed by atoms with E-state index in [0.29, 0.717) is 37.2 Å². The molecule has 166 valence electrons. The van der Waals surface area contributed by atoms with Gasteiger partial charge in [-0.25, -0.2) is 4.79 Å². The molecule has 5 amide bonds. The molecule has 9 nitrogen and oxygen atoms in total. The molecule has 9 heteroatoms. The quantitative estimate of drug-likeness (QED) is 0.673. The predicted molar refractivity (Wildman–Crippen MR) is 112 cm³/mol. The third kappa shape index (κ3) is 4.08. The summed E-state index contributed by atoms with van der Waals surface area (Å²) in [7, 11) is 1.57. The lowest BCUT2D eigenvalue weighted by Crippen LogP contribution is -2.45. The summed E-state index contributed by atoms with van der Waals surface area (Å²) in [6.45, 7) is 0.526. The van der Waals surface area contributed by atoms with Crippen molar-refractivity contribution >= 4 is 29.4 Å². The van der Waals surface area contributed by atoms with Crippen LogP contribution in [0.15, 0.2) is 24.3 Å². The zero-order chi connectivity index (χ0) is 22.0. The number of ether oxygens (including phenoxy) is 1. The molecule has 1 aromatic rings. The van der Waals surface area contributed by atoms with Gasteiger partial charge in [0.1, 0.15) is 17.3 Å². The average Bonchev–Trinajstić information content (AvgIpc) is 3.49. The molecule has 1 unspecified atom stereocenters. The summed E-state index contributed by atoms with van der Waals surface area (Å²) >= 11 is 0. The maximum atomic E-state index is 12.8. The Morgan fingerprint density at radius 2 is 1.87 bits per heavy atom. The van der Waals surface area contributed by atoms with E-state index in [1.807, 2.05) is 0 Å². The van der Waals surface area contributed by atoms with Crippen LogP contribution in [0.25, 0.3) is 0 Å². The van der Waals surface area contributed by atoms with Crippen molar-refractivity contribution in [1.82, 2.24) is 15.1 Å². The number of nitrogens with one attached hydrogen (secondary N) is 2. The van der Waals surface area contributed by atoms with Gasteiger partial charge < -0.3 is 20.3 Å². The van der Waals surface area contributed by atoms with E-state index in [-0.39, 0.29) is 30.7 Å². The number of carbonyl (C=O) groups excluding carboxylic acids is 4. The van der Waals surface area contributed by atoms with Crippen molar-refractivity contribution < 1.29 is 23.9 Å². The molecule has 0 aromatic heterocycles. The summed E-state index contributed by atoms with van der Waals surface area (Å²) in [4.78, 5) is 53.3. The standard InChI is InChI=1S/C22H28N4O5/c1-31-16-8-6-15(7-9-16)23-19(28)17-5-4-13-25(17)18(27)10-14-26-20(29)22(24-21(26)30)11-2-3-12-22/h6-9,17H,2-5,10-14H2,1H3,(H,23,28)(H,24,30). The Kier molecular flexibility index (Phi) is 5.84. The van der Waals surface area contributed by atoms with Gasteiger partial charge in [-0.05, 0) is 49.9 Å². The summed E-state index contributed by atoms with van der Waals surface area (Å²) in [6, 6.07) is 6.02. The molecule has 1 saturated carbocycles. The minimum atomic E-state index is -0.769. The number of carbonyl (C=O) groups is 4. The van der Waals surface area contributed by atoms with Gasteiger partial charge in [0.25, 0.3) is 5.91 Å². The topological polar surface area (TPSA) is 108 Å². The average molecular weight is 428 g/mol. The molecule has 1 atom stereocenters. The van der Waals surface area contributed by atoms with E-state index in [9.17, 15) is 19.2 Å². The highest BCUT2D eigenvalue weighted by molar-refractivity contribution is 6.07. The van der Waals surface area contributed by atoms with Crippen LogP contribution >= 0.6 is 0 Å². The third-order valence-electron chi connectivity index (χ3n) is 6.49. The SMILES string of the molecule is COc1ccc(NC(=O)C2CCCN2C(=O)CCN2C(=O)NC3(CCCC3)C2=O)cc1. The summed E-state index contributed by atoms with van der Waals surface area (Å²) in [6.07, 6.45) is 4.47. The molecule has 1 aromatic carbocycles. The molecule has 2 heterocycles. The normalized spacial score (nSPS) is 22.2. The van der Waals surface area contributed by atoms with Gasteiger partial charge in [0.15, 0.2) is 0 Å². The van der Waals surface area contributed by atoms with Crippen LogP contribution in [0.4, 0.5) is 10.5 Å². The van der Waals surface area contributed by atoms with Crippen molar-refractivity contribution in [1.29, 1.82) is 0 Å². The van der Waals surface area contributed by atoms with Crippen molar-refractivity contribution in [2.75, 3.05) is 25.5 Å². The maximum Gasteiger partial charge on any atom is 0.325 e. The molecule has 1 spiro atoms. The molecule has 3 fully saturated rings. The number of anilines is 1. The van der Waals surface area contributed by atoms with Crippen molar-refractivity contribution in [2.24, 2.45) is 0 Å². The number of rotatable bonds is 6. The molecule has 3 aliphatic rings. The van der Waals surface area contributed by atoms with Gasteiger partial charge in [0.05, 0.1) is 7.11 Å². The lowest BCUT2D eigenvalue weighted by Gasteiger charge is -2.25. The maximum absolute atomic E-state index is 12.8. The van der Waals surface area contributed by atoms with Gasteiger partial charge in [0, 0.05) is 25.2 Å². The Labute approximate surface area is 181 Å². The molecular weight excluding hydrogens is 400 g/mol. The number of imide groups is 1. The summed E-state index contributed by atoms with van der Waals surface area (Å²) in [5.41, 5.74) is -0.138. The van der Waals surface area contributed by atoms with Crippen molar-refractivity contribution in [3.8, 4) is 5.75 Å². The first kappa shape index (κ1) is 21.1. The van der Waals surface area contributed by atoms with Crippen LogP contribution in [0.1, 0.15) is 44.9 Å². The Balaban J connectivity index is 1.34. The Bertz CT molecular complexity index is 878. The zero-order valence-electron chi connectivity index (χ0n) is 17.7. The molecular formula is C22H28N4O5. The van der Waals surface area contributed by atoms with E-state index >= 15 is 0 Å². The van der Waals surface area contributed by atoms with E-state index in [4.69, 9.17) is 4.74 Å². The first-order valence-electron chi connectivity index (χ1n) is 10.8. The van der Waals surface area contributed by atoms with Gasteiger partial charge in [0.2, 0.25) is 11.8 Å². The minimum Gasteiger partial charge on any atom is -0.497 e. The molecule has 31 heavy (non-hydrogen) atoms. The van der Waals surface area contributed by atoms with Crippen molar-refractivity contribution in [2.45, 2.75) is 56.5 Å². The van der Waals surface area contributed by atoms with Crippen LogP contribution in [-0.4, -0.2) is 65.3 Å². The highest BCUT2D eigenvalue weighted by atomic mass is 16.5. The fraction of sp³-hybridized carbons (Fsp3) is 0.545. The van der Waals surface area contributed by atoms with Gasteiger partial charge in [-0.3, -0.25) is 19.3 Å². The lowest BCUT2D eigenvalue weighted by molar-refractivity contribution is -0.137. The minimum absolute atomic E-state index is 0.0154. The summed E-state index contributed by atoms with van der Waals surface area (Å²) in [5.74, 6) is 0.00448. The van der Waals surface area contributed by atoms with E-state index in [1.54, 1.807) is 36.3 Å². The number of hydrogen-bond donors (Lipinski definition) is 2. The second-order valence-electron chi connectivity index (χ2n) is 8.39. The third-order valence-corrected chi connectivity index (χ3v) is 6.49. The molecule has 4 rings (SSSR count). The largest absolute Gasteiger partial charge is 0.497 e. The predicted octanol–water partition coefficient (Wildman–Crippen LogP) is 1.88. The Hall–Kier alpha value is -3.10. The van der Waals surface area contributed by atoms with Gasteiger partial charge in [-0.15, -0.1) is 0 Å². The first-order valence-corrected chi connectivity index (χ1v) is 10.8. The second-order valence-corrected chi connectivity index (χ2v) is 8.39. The number of benzene rings is 1. The van der Waals surface area contributed by atoms with E-state index in [1.165, 1.54) is 0 Å². The van der Waals surface area contributed by atoms with Crippen LogP contribution in [-0.2, 0) is 14.4 Å². The molecule has 2 saturated heterocycles.